The molecule has 0 spiro atoms. The SMILES string of the molecule is Cc1c(Cl)ncnc1NC(C)c1cccc(Cl)c1. The highest BCUT2D eigenvalue weighted by molar-refractivity contribution is 6.30. The maximum absolute atomic E-state index is 5.97. The number of rotatable bonds is 3. The highest BCUT2D eigenvalue weighted by Gasteiger charge is 2.10. The average molecular weight is 282 g/mol. The summed E-state index contributed by atoms with van der Waals surface area (Å²) < 4.78 is 0. The van der Waals surface area contributed by atoms with Crippen LogP contribution in [0.3, 0.4) is 0 Å². The maximum atomic E-state index is 5.97. The molecule has 1 aromatic heterocycles. The Bertz CT molecular complexity index is 558. The summed E-state index contributed by atoms with van der Waals surface area (Å²) in [6.45, 7) is 3.93. The quantitative estimate of drug-likeness (QED) is 0.854. The second-order valence-corrected chi connectivity index (χ2v) is 4.85. The van der Waals surface area contributed by atoms with Crippen LogP contribution < -0.4 is 5.32 Å². The Kier molecular flexibility index (Phi) is 4.04. The van der Waals surface area contributed by atoms with Crippen LogP contribution in [0.2, 0.25) is 10.2 Å². The molecule has 18 heavy (non-hydrogen) atoms. The minimum Gasteiger partial charge on any atom is -0.363 e. The zero-order valence-corrected chi connectivity index (χ0v) is 11.6. The third kappa shape index (κ3) is 2.92. The molecule has 5 heteroatoms. The summed E-state index contributed by atoms with van der Waals surface area (Å²) in [7, 11) is 0. The number of nitrogens with zero attached hydrogens (tertiary/aromatic N) is 2. The molecule has 2 aromatic rings. The van der Waals surface area contributed by atoms with Crippen molar-refractivity contribution in [2.45, 2.75) is 19.9 Å². The molecule has 1 heterocycles. The van der Waals surface area contributed by atoms with E-state index >= 15 is 0 Å². The Morgan fingerprint density at radius 2 is 2.00 bits per heavy atom. The van der Waals surface area contributed by atoms with Gasteiger partial charge in [-0.2, -0.15) is 0 Å². The Morgan fingerprint density at radius 3 is 2.72 bits per heavy atom. The van der Waals surface area contributed by atoms with Crippen LogP contribution in [0, 0.1) is 6.92 Å². The molecule has 0 amide bonds. The average Bonchev–Trinajstić information content (AvgIpc) is 2.35. The third-order valence-electron chi connectivity index (χ3n) is 2.72. The Balaban J connectivity index is 2.21. The van der Waals surface area contributed by atoms with E-state index in [1.807, 2.05) is 38.1 Å². The molecule has 0 aliphatic rings. The number of halogens is 2. The fraction of sp³-hybridized carbons (Fsp3) is 0.231. The van der Waals surface area contributed by atoms with Crippen LogP contribution in [0.1, 0.15) is 24.1 Å². The molecule has 1 atom stereocenters. The fourth-order valence-corrected chi connectivity index (χ4v) is 1.97. The van der Waals surface area contributed by atoms with Crippen LogP contribution in [-0.4, -0.2) is 9.97 Å². The summed E-state index contributed by atoms with van der Waals surface area (Å²) >= 11 is 11.9. The minimum absolute atomic E-state index is 0.0911. The van der Waals surface area contributed by atoms with Crippen LogP contribution >= 0.6 is 23.2 Å². The highest BCUT2D eigenvalue weighted by atomic mass is 35.5. The molecule has 1 N–H and O–H groups in total. The van der Waals surface area contributed by atoms with Crippen molar-refractivity contribution in [3.05, 3.63) is 51.9 Å². The van der Waals surface area contributed by atoms with Crippen LogP contribution in [0.4, 0.5) is 5.82 Å². The summed E-state index contributed by atoms with van der Waals surface area (Å²) in [5.74, 6) is 0.738. The van der Waals surface area contributed by atoms with Gasteiger partial charge in [-0.25, -0.2) is 9.97 Å². The van der Waals surface area contributed by atoms with E-state index in [0.29, 0.717) is 5.15 Å². The zero-order valence-electron chi connectivity index (χ0n) is 10.1. The minimum atomic E-state index is 0.0911. The molecule has 1 aromatic carbocycles. The number of hydrogen-bond donors (Lipinski definition) is 1. The lowest BCUT2D eigenvalue weighted by atomic mass is 10.1. The normalized spacial score (nSPS) is 12.2. The first kappa shape index (κ1) is 13.1. The van der Waals surface area contributed by atoms with Gasteiger partial charge >= 0.3 is 0 Å². The van der Waals surface area contributed by atoms with Crippen molar-refractivity contribution in [3.8, 4) is 0 Å². The summed E-state index contributed by atoms with van der Waals surface area (Å²) in [6.07, 6.45) is 1.45. The lowest BCUT2D eigenvalue weighted by Gasteiger charge is -2.16. The molecule has 0 saturated heterocycles. The van der Waals surface area contributed by atoms with Crippen molar-refractivity contribution in [1.29, 1.82) is 0 Å². The first-order chi connectivity index (χ1) is 8.58. The van der Waals surface area contributed by atoms with Gasteiger partial charge in [0.1, 0.15) is 17.3 Å². The summed E-state index contributed by atoms with van der Waals surface area (Å²) in [5.41, 5.74) is 1.93. The van der Waals surface area contributed by atoms with Gasteiger partial charge in [-0.05, 0) is 31.5 Å². The smallest absolute Gasteiger partial charge is 0.137 e. The van der Waals surface area contributed by atoms with Crippen molar-refractivity contribution in [2.24, 2.45) is 0 Å². The van der Waals surface area contributed by atoms with E-state index in [0.717, 1.165) is 22.0 Å². The number of benzene rings is 1. The predicted octanol–water partition coefficient (Wildman–Crippen LogP) is 4.26. The lowest BCUT2D eigenvalue weighted by molar-refractivity contribution is 0.868. The Morgan fingerprint density at radius 1 is 1.22 bits per heavy atom. The van der Waals surface area contributed by atoms with Crippen molar-refractivity contribution in [1.82, 2.24) is 9.97 Å². The van der Waals surface area contributed by atoms with E-state index in [2.05, 4.69) is 15.3 Å². The molecular formula is C13H13Cl2N3. The summed E-state index contributed by atoms with van der Waals surface area (Å²) in [4.78, 5) is 8.11. The molecule has 0 bridgehead atoms. The molecule has 0 radical (unpaired) electrons. The van der Waals surface area contributed by atoms with Crippen molar-refractivity contribution in [2.75, 3.05) is 5.32 Å². The molecule has 0 fully saturated rings. The Labute approximate surface area is 116 Å². The Hall–Kier alpha value is -1.32. The molecule has 2 rings (SSSR count). The largest absolute Gasteiger partial charge is 0.363 e. The molecule has 0 saturated carbocycles. The number of aromatic nitrogens is 2. The predicted molar refractivity (Wildman–Crippen MR) is 75.3 cm³/mol. The molecule has 0 aliphatic carbocycles. The number of hydrogen-bond acceptors (Lipinski definition) is 3. The molecule has 0 aliphatic heterocycles. The van der Waals surface area contributed by atoms with Gasteiger partial charge < -0.3 is 5.32 Å². The topological polar surface area (TPSA) is 37.8 Å². The number of anilines is 1. The standard InChI is InChI=1S/C13H13Cl2N3/c1-8-12(15)16-7-17-13(8)18-9(2)10-4-3-5-11(14)6-10/h3-7,9H,1-2H3,(H,16,17,18). The molecular weight excluding hydrogens is 269 g/mol. The van der Waals surface area contributed by atoms with Gasteiger partial charge in [-0.1, -0.05) is 35.3 Å². The second kappa shape index (κ2) is 5.55. The summed E-state index contributed by atoms with van der Waals surface area (Å²) in [5, 5.41) is 4.48. The van der Waals surface area contributed by atoms with Gasteiger partial charge in [0.2, 0.25) is 0 Å². The molecule has 94 valence electrons. The van der Waals surface area contributed by atoms with Gasteiger partial charge in [0, 0.05) is 10.6 Å². The zero-order chi connectivity index (χ0) is 13.1. The van der Waals surface area contributed by atoms with Crippen LogP contribution in [0.25, 0.3) is 0 Å². The molecule has 3 nitrogen and oxygen atoms in total. The van der Waals surface area contributed by atoms with Gasteiger partial charge in [0.25, 0.3) is 0 Å². The lowest BCUT2D eigenvalue weighted by Crippen LogP contribution is -2.09. The van der Waals surface area contributed by atoms with Crippen LogP contribution in [0.15, 0.2) is 30.6 Å². The monoisotopic (exact) mass is 281 g/mol. The summed E-state index contributed by atoms with van der Waals surface area (Å²) in [6, 6.07) is 7.81. The van der Waals surface area contributed by atoms with Gasteiger partial charge in [0.05, 0.1) is 6.04 Å². The van der Waals surface area contributed by atoms with E-state index in [1.54, 1.807) is 0 Å². The highest BCUT2D eigenvalue weighted by Crippen LogP contribution is 2.24. The second-order valence-electron chi connectivity index (χ2n) is 4.06. The van der Waals surface area contributed by atoms with Gasteiger partial charge in [0.15, 0.2) is 0 Å². The number of nitrogens with one attached hydrogen (secondary N) is 1. The first-order valence-electron chi connectivity index (χ1n) is 5.57. The fourth-order valence-electron chi connectivity index (χ4n) is 1.64. The van der Waals surface area contributed by atoms with E-state index < -0.39 is 0 Å². The third-order valence-corrected chi connectivity index (χ3v) is 3.34. The van der Waals surface area contributed by atoms with Crippen LogP contribution in [-0.2, 0) is 0 Å². The van der Waals surface area contributed by atoms with Crippen molar-refractivity contribution < 1.29 is 0 Å². The molecule has 1 unspecified atom stereocenters. The van der Waals surface area contributed by atoms with Crippen molar-refractivity contribution >= 4 is 29.0 Å². The first-order valence-corrected chi connectivity index (χ1v) is 6.32. The van der Waals surface area contributed by atoms with Gasteiger partial charge in [-0.15, -0.1) is 0 Å². The van der Waals surface area contributed by atoms with E-state index in [1.165, 1.54) is 6.33 Å². The van der Waals surface area contributed by atoms with Crippen LogP contribution in [0.5, 0.6) is 0 Å². The van der Waals surface area contributed by atoms with Gasteiger partial charge in [-0.3, -0.25) is 0 Å². The van der Waals surface area contributed by atoms with E-state index in [-0.39, 0.29) is 6.04 Å². The van der Waals surface area contributed by atoms with E-state index in [4.69, 9.17) is 23.2 Å². The van der Waals surface area contributed by atoms with E-state index in [9.17, 15) is 0 Å². The maximum Gasteiger partial charge on any atom is 0.137 e. The van der Waals surface area contributed by atoms with Crippen molar-refractivity contribution in [3.63, 3.8) is 0 Å².